The number of benzene rings is 3. The summed E-state index contributed by atoms with van der Waals surface area (Å²) < 4.78 is 6.39. The fraction of sp³-hybridized carbons (Fsp3) is 0.167. The van der Waals surface area contributed by atoms with Crippen LogP contribution in [-0.4, -0.2) is 17.0 Å². The Balaban J connectivity index is 2.20. The molecule has 0 saturated carbocycles. The molecule has 150 valence electrons. The van der Waals surface area contributed by atoms with Crippen LogP contribution < -0.4 is 15.9 Å². The maximum atomic E-state index is 13.2. The van der Waals surface area contributed by atoms with E-state index in [-0.39, 0.29) is 6.42 Å². The van der Waals surface area contributed by atoms with Gasteiger partial charge >= 0.3 is 171 Å². The van der Waals surface area contributed by atoms with Crippen LogP contribution in [0.2, 0.25) is 0 Å². The van der Waals surface area contributed by atoms with Crippen LogP contribution in [0.1, 0.15) is 19.8 Å². The molecule has 3 aromatic rings. The topological polar surface area (TPSA) is 63.6 Å². The van der Waals surface area contributed by atoms with Gasteiger partial charge in [-0.1, -0.05) is 0 Å². The Labute approximate surface area is 171 Å². The Bertz CT molecular complexity index is 846. The average Bonchev–Trinajstić information content (AvgIpc) is 2.77. The molecule has 1 atom stereocenters. The van der Waals surface area contributed by atoms with Gasteiger partial charge in [0.1, 0.15) is 0 Å². The van der Waals surface area contributed by atoms with Gasteiger partial charge in [-0.25, -0.2) is 0 Å². The zero-order valence-corrected chi connectivity index (χ0v) is 17.3. The first-order valence-electron chi connectivity index (χ1n) is 9.69. The van der Waals surface area contributed by atoms with Crippen molar-refractivity contribution in [3.05, 3.63) is 91.0 Å². The van der Waals surface area contributed by atoms with E-state index < -0.39 is 25.3 Å². The Morgan fingerprint density at radius 1 is 0.793 bits per heavy atom. The number of carboxylic acids is 1. The fourth-order valence-corrected chi connectivity index (χ4v) is 7.34. The molecule has 0 heterocycles. The molecule has 0 saturated heterocycles. The summed E-state index contributed by atoms with van der Waals surface area (Å²) in [4.78, 5) is 24.4. The van der Waals surface area contributed by atoms with Gasteiger partial charge in [-0.15, -0.1) is 0 Å². The Kier molecular flexibility index (Phi) is 6.79. The number of hydrogen-bond donors (Lipinski definition) is 1. The molecule has 5 heteroatoms. The van der Waals surface area contributed by atoms with Crippen LogP contribution in [0.25, 0.3) is 0 Å². The summed E-state index contributed by atoms with van der Waals surface area (Å²) in [5.41, 5.74) is 0. The third-order valence-corrected chi connectivity index (χ3v) is 8.99. The van der Waals surface area contributed by atoms with E-state index in [1.807, 2.05) is 97.9 Å². The fourth-order valence-electron chi connectivity index (χ4n) is 3.53. The van der Waals surface area contributed by atoms with Crippen molar-refractivity contribution >= 4 is 35.3 Å². The summed E-state index contributed by atoms with van der Waals surface area (Å²) in [6, 6.07) is 29.3. The van der Waals surface area contributed by atoms with Gasteiger partial charge in [-0.3, -0.25) is 0 Å². The van der Waals surface area contributed by atoms with Gasteiger partial charge in [0, 0.05) is 0 Å². The standard InChI is InChI=1S/C24H25O4P/c1-2-19(18-23(25)26)24(27)28-29(20-12-6-3-7-13-20,21-14-8-4-9-15-21)22-16-10-5-11-17-22/h3-17,19,29H,2,18H2,1H3,(H,25,26). The summed E-state index contributed by atoms with van der Waals surface area (Å²) in [5, 5.41) is 12.0. The quantitative estimate of drug-likeness (QED) is 0.578. The number of carboxylic acid groups (broad SMARTS) is 1. The molecule has 3 rings (SSSR count). The van der Waals surface area contributed by atoms with E-state index in [0.717, 1.165) is 15.9 Å². The van der Waals surface area contributed by atoms with Crippen LogP contribution in [0.5, 0.6) is 0 Å². The minimum atomic E-state index is -3.16. The average molecular weight is 408 g/mol. The molecule has 0 radical (unpaired) electrons. The molecule has 0 amide bonds. The summed E-state index contributed by atoms with van der Waals surface area (Å²) >= 11 is 0. The van der Waals surface area contributed by atoms with Crippen LogP contribution in [0.4, 0.5) is 0 Å². The van der Waals surface area contributed by atoms with E-state index in [1.165, 1.54) is 0 Å². The second-order valence-electron chi connectivity index (χ2n) is 6.90. The van der Waals surface area contributed by atoms with Gasteiger partial charge in [0.25, 0.3) is 0 Å². The summed E-state index contributed by atoms with van der Waals surface area (Å²) in [7, 11) is -3.16. The van der Waals surface area contributed by atoms with Crippen molar-refractivity contribution in [2.75, 3.05) is 0 Å². The molecule has 0 bridgehead atoms. The van der Waals surface area contributed by atoms with Crippen LogP contribution in [0, 0.1) is 5.92 Å². The third-order valence-electron chi connectivity index (χ3n) is 5.04. The van der Waals surface area contributed by atoms with Crippen molar-refractivity contribution in [3.8, 4) is 0 Å². The molecule has 0 aliphatic rings. The molecule has 0 aliphatic carbocycles. The van der Waals surface area contributed by atoms with Gasteiger partial charge in [0.05, 0.1) is 0 Å². The molecule has 0 fully saturated rings. The number of aliphatic carboxylic acids is 1. The van der Waals surface area contributed by atoms with Gasteiger partial charge < -0.3 is 0 Å². The zero-order valence-electron chi connectivity index (χ0n) is 16.3. The third kappa shape index (κ3) is 4.55. The van der Waals surface area contributed by atoms with E-state index in [2.05, 4.69) is 0 Å². The number of carbonyl (C=O) groups excluding carboxylic acids is 1. The number of hydrogen-bond acceptors (Lipinski definition) is 3. The molecule has 3 aromatic carbocycles. The van der Waals surface area contributed by atoms with Crippen molar-refractivity contribution in [1.29, 1.82) is 0 Å². The van der Waals surface area contributed by atoms with E-state index >= 15 is 0 Å². The number of rotatable bonds is 8. The van der Waals surface area contributed by atoms with E-state index in [9.17, 15) is 14.7 Å². The summed E-state index contributed by atoms with van der Waals surface area (Å²) in [5.74, 6) is -2.14. The molecular formula is C24H25O4P. The molecule has 1 unspecified atom stereocenters. The van der Waals surface area contributed by atoms with Gasteiger partial charge in [0.2, 0.25) is 0 Å². The zero-order chi connectivity index (χ0) is 20.7. The molecule has 29 heavy (non-hydrogen) atoms. The molecule has 1 N–H and O–H groups in total. The Hall–Kier alpha value is -2.97. The van der Waals surface area contributed by atoms with Crippen molar-refractivity contribution < 1.29 is 19.2 Å². The monoisotopic (exact) mass is 408 g/mol. The van der Waals surface area contributed by atoms with Crippen molar-refractivity contribution in [2.45, 2.75) is 19.8 Å². The summed E-state index contributed by atoms with van der Waals surface area (Å²) in [6.45, 7) is 1.81. The van der Waals surface area contributed by atoms with E-state index in [0.29, 0.717) is 6.42 Å². The van der Waals surface area contributed by atoms with Crippen molar-refractivity contribution in [2.24, 2.45) is 5.92 Å². The second-order valence-corrected chi connectivity index (χ2v) is 10.2. The molecule has 0 spiro atoms. The maximum absolute atomic E-state index is 13.2. The summed E-state index contributed by atoms with van der Waals surface area (Å²) in [6.07, 6.45) is 0.173. The first kappa shape index (κ1) is 20.8. The van der Waals surface area contributed by atoms with E-state index in [1.54, 1.807) is 0 Å². The number of carbonyl (C=O) groups is 2. The first-order valence-corrected chi connectivity index (χ1v) is 11.6. The first-order chi connectivity index (χ1) is 14.1. The Morgan fingerprint density at radius 2 is 1.17 bits per heavy atom. The molecule has 0 aliphatic heterocycles. The normalized spacial score (nSPS) is 12.7. The molecular weight excluding hydrogens is 383 g/mol. The van der Waals surface area contributed by atoms with Gasteiger partial charge in [0.15, 0.2) is 0 Å². The SMILES string of the molecule is CCC(CC(=O)O)C(=O)O[PH](c1ccccc1)(c1ccccc1)c1ccccc1. The van der Waals surface area contributed by atoms with Crippen molar-refractivity contribution in [3.63, 3.8) is 0 Å². The predicted octanol–water partition coefficient (Wildman–Crippen LogP) is 3.67. The van der Waals surface area contributed by atoms with E-state index in [4.69, 9.17) is 4.52 Å². The van der Waals surface area contributed by atoms with Crippen LogP contribution >= 0.6 is 7.49 Å². The molecule has 0 aromatic heterocycles. The van der Waals surface area contributed by atoms with Crippen LogP contribution in [-0.2, 0) is 14.1 Å². The van der Waals surface area contributed by atoms with Crippen LogP contribution in [0.3, 0.4) is 0 Å². The minimum absolute atomic E-state index is 0.238. The van der Waals surface area contributed by atoms with Crippen LogP contribution in [0.15, 0.2) is 91.0 Å². The Morgan fingerprint density at radius 3 is 1.48 bits per heavy atom. The molecule has 4 nitrogen and oxygen atoms in total. The van der Waals surface area contributed by atoms with Crippen molar-refractivity contribution in [1.82, 2.24) is 0 Å². The van der Waals surface area contributed by atoms with Gasteiger partial charge in [-0.2, -0.15) is 0 Å². The van der Waals surface area contributed by atoms with Gasteiger partial charge in [-0.05, 0) is 0 Å². The predicted molar refractivity (Wildman–Crippen MR) is 119 cm³/mol. The second kappa shape index (κ2) is 9.49.